The molecule has 3 heteroatoms. The first-order chi connectivity index (χ1) is 10.4. The Balaban J connectivity index is 1.63. The lowest BCUT2D eigenvalue weighted by Crippen LogP contribution is -2.54. The maximum absolute atomic E-state index is 10.6. The molecule has 126 valence electrons. The van der Waals surface area contributed by atoms with Crippen LogP contribution in [0.15, 0.2) is 0 Å². The third-order valence-electron chi connectivity index (χ3n) is 8.68. The van der Waals surface area contributed by atoms with Gasteiger partial charge in [0, 0.05) is 6.04 Å². The van der Waals surface area contributed by atoms with E-state index < -0.39 is 0 Å². The summed E-state index contributed by atoms with van der Waals surface area (Å²) in [5.74, 6) is 2.86. The van der Waals surface area contributed by atoms with Crippen LogP contribution in [0.4, 0.5) is 0 Å². The van der Waals surface area contributed by atoms with Crippen LogP contribution in [0.5, 0.6) is 0 Å². The van der Waals surface area contributed by atoms with Gasteiger partial charge in [-0.05, 0) is 85.9 Å². The molecule has 4 saturated carbocycles. The minimum absolute atomic E-state index is 0.0209. The van der Waals surface area contributed by atoms with Crippen LogP contribution in [0.25, 0.3) is 0 Å². The normalized spacial score (nSPS) is 61.2. The van der Waals surface area contributed by atoms with Gasteiger partial charge in [0.25, 0.3) is 0 Å². The second-order valence-corrected chi connectivity index (χ2v) is 9.47. The van der Waals surface area contributed by atoms with Crippen LogP contribution in [0.3, 0.4) is 0 Å². The number of rotatable bonds is 0. The van der Waals surface area contributed by atoms with Gasteiger partial charge in [-0.2, -0.15) is 0 Å². The number of hydrogen-bond acceptors (Lipinski definition) is 3. The highest BCUT2D eigenvalue weighted by molar-refractivity contribution is 5.12. The fourth-order valence-corrected chi connectivity index (χ4v) is 7.31. The summed E-state index contributed by atoms with van der Waals surface area (Å²) in [4.78, 5) is 0. The number of aliphatic hydroxyl groups is 2. The summed E-state index contributed by atoms with van der Waals surface area (Å²) in [6, 6.07) is -0.0209. The van der Waals surface area contributed by atoms with E-state index in [0.717, 1.165) is 37.5 Å². The Morgan fingerprint density at radius 3 is 2.36 bits per heavy atom. The topological polar surface area (TPSA) is 66.5 Å². The van der Waals surface area contributed by atoms with Crippen molar-refractivity contribution in [3.05, 3.63) is 0 Å². The minimum atomic E-state index is -0.308. The molecule has 0 aromatic carbocycles. The van der Waals surface area contributed by atoms with Gasteiger partial charge in [-0.15, -0.1) is 0 Å². The molecule has 0 radical (unpaired) electrons. The van der Waals surface area contributed by atoms with Crippen molar-refractivity contribution in [1.29, 1.82) is 0 Å². The van der Waals surface area contributed by atoms with Crippen molar-refractivity contribution in [2.75, 3.05) is 0 Å². The first-order valence-corrected chi connectivity index (χ1v) is 9.48. The summed E-state index contributed by atoms with van der Waals surface area (Å²) < 4.78 is 0. The van der Waals surface area contributed by atoms with Crippen molar-refractivity contribution in [2.24, 2.45) is 40.2 Å². The molecule has 22 heavy (non-hydrogen) atoms. The maximum atomic E-state index is 10.6. The van der Waals surface area contributed by atoms with Gasteiger partial charge < -0.3 is 15.9 Å². The number of nitrogens with two attached hydrogens (primary N) is 1. The Morgan fingerprint density at radius 2 is 1.59 bits per heavy atom. The van der Waals surface area contributed by atoms with E-state index in [2.05, 4.69) is 13.8 Å². The maximum Gasteiger partial charge on any atom is 0.0747 e. The lowest BCUT2D eigenvalue weighted by molar-refractivity contribution is -0.134. The molecule has 3 nitrogen and oxygen atoms in total. The molecule has 0 aromatic rings. The van der Waals surface area contributed by atoms with E-state index in [4.69, 9.17) is 5.73 Å². The summed E-state index contributed by atoms with van der Waals surface area (Å²) in [6.45, 7) is 4.80. The molecule has 4 aliphatic carbocycles. The molecular weight excluding hydrogens is 274 g/mol. The first kappa shape index (κ1) is 15.4. The van der Waals surface area contributed by atoms with Crippen LogP contribution < -0.4 is 5.73 Å². The molecule has 9 atom stereocenters. The quantitative estimate of drug-likeness (QED) is 0.644. The fourth-order valence-electron chi connectivity index (χ4n) is 7.31. The first-order valence-electron chi connectivity index (χ1n) is 9.48. The highest BCUT2D eigenvalue weighted by Crippen LogP contribution is 2.65. The van der Waals surface area contributed by atoms with Crippen molar-refractivity contribution >= 4 is 0 Å². The summed E-state index contributed by atoms with van der Waals surface area (Å²) >= 11 is 0. The van der Waals surface area contributed by atoms with Crippen molar-refractivity contribution < 1.29 is 10.2 Å². The summed E-state index contributed by atoms with van der Waals surface area (Å²) in [6.07, 6.45) is 8.79. The van der Waals surface area contributed by atoms with Crippen molar-refractivity contribution in [3.63, 3.8) is 0 Å². The predicted molar refractivity (Wildman–Crippen MR) is 87.1 cm³/mol. The molecule has 4 rings (SSSR count). The number of fused-ring (bicyclic) bond motifs is 5. The Morgan fingerprint density at radius 1 is 0.864 bits per heavy atom. The Bertz CT molecular complexity index is 455. The van der Waals surface area contributed by atoms with Crippen LogP contribution >= 0.6 is 0 Å². The number of aliphatic hydroxyl groups excluding tert-OH is 2. The monoisotopic (exact) mass is 307 g/mol. The van der Waals surface area contributed by atoms with Gasteiger partial charge in [0.1, 0.15) is 0 Å². The SMILES string of the molecule is C[C@]12CCC3C(CC[C@H]4C[C@@H](O)CC[C@]34C)C1C[C@@H](N)[C@@H]2O. The van der Waals surface area contributed by atoms with Crippen LogP contribution in [0.1, 0.15) is 65.2 Å². The second kappa shape index (κ2) is 4.94. The van der Waals surface area contributed by atoms with Gasteiger partial charge in [0.2, 0.25) is 0 Å². The van der Waals surface area contributed by atoms with E-state index >= 15 is 0 Å². The zero-order chi connectivity index (χ0) is 15.7. The van der Waals surface area contributed by atoms with Gasteiger partial charge in [-0.1, -0.05) is 13.8 Å². The molecular formula is C19H33NO2. The average molecular weight is 307 g/mol. The molecule has 4 aliphatic rings. The van der Waals surface area contributed by atoms with Crippen molar-refractivity contribution in [2.45, 2.75) is 83.5 Å². The molecule has 0 bridgehead atoms. The largest absolute Gasteiger partial charge is 0.393 e. The molecule has 4 fully saturated rings. The lowest BCUT2D eigenvalue weighted by atomic mass is 9.45. The highest BCUT2D eigenvalue weighted by Gasteiger charge is 2.61. The van der Waals surface area contributed by atoms with E-state index in [1.807, 2.05) is 0 Å². The highest BCUT2D eigenvalue weighted by atomic mass is 16.3. The third-order valence-corrected chi connectivity index (χ3v) is 8.68. The Hall–Kier alpha value is -0.120. The van der Waals surface area contributed by atoms with Crippen molar-refractivity contribution in [3.8, 4) is 0 Å². The second-order valence-electron chi connectivity index (χ2n) is 9.47. The smallest absolute Gasteiger partial charge is 0.0747 e. The van der Waals surface area contributed by atoms with E-state index in [1.54, 1.807) is 0 Å². The van der Waals surface area contributed by atoms with Gasteiger partial charge in [0.15, 0.2) is 0 Å². The number of hydrogen-bond donors (Lipinski definition) is 3. The summed E-state index contributed by atoms with van der Waals surface area (Å²) in [5, 5.41) is 20.7. The van der Waals surface area contributed by atoms with Gasteiger partial charge in [-0.3, -0.25) is 0 Å². The molecule has 0 aliphatic heterocycles. The predicted octanol–water partition coefficient (Wildman–Crippen LogP) is 2.69. The van der Waals surface area contributed by atoms with Crippen LogP contribution in [-0.2, 0) is 0 Å². The van der Waals surface area contributed by atoms with Crippen molar-refractivity contribution in [1.82, 2.24) is 0 Å². The Labute approximate surface area is 134 Å². The van der Waals surface area contributed by atoms with Gasteiger partial charge >= 0.3 is 0 Å². The Kier molecular flexibility index (Phi) is 3.46. The molecule has 0 heterocycles. The fraction of sp³-hybridized carbons (Fsp3) is 1.00. The molecule has 0 amide bonds. The summed E-state index contributed by atoms with van der Waals surface area (Å²) in [7, 11) is 0. The zero-order valence-electron chi connectivity index (χ0n) is 14.2. The van der Waals surface area contributed by atoms with E-state index in [9.17, 15) is 10.2 Å². The van der Waals surface area contributed by atoms with Gasteiger partial charge in [0.05, 0.1) is 12.2 Å². The zero-order valence-corrected chi connectivity index (χ0v) is 14.2. The van der Waals surface area contributed by atoms with E-state index in [1.165, 1.54) is 25.7 Å². The average Bonchev–Trinajstić information content (AvgIpc) is 2.72. The van der Waals surface area contributed by atoms with E-state index in [-0.39, 0.29) is 23.7 Å². The van der Waals surface area contributed by atoms with Crippen LogP contribution in [0.2, 0.25) is 0 Å². The van der Waals surface area contributed by atoms with Crippen LogP contribution in [-0.4, -0.2) is 28.5 Å². The van der Waals surface area contributed by atoms with E-state index in [0.29, 0.717) is 17.3 Å². The van der Waals surface area contributed by atoms with Gasteiger partial charge in [-0.25, -0.2) is 0 Å². The third kappa shape index (κ3) is 1.91. The molecule has 0 aromatic heterocycles. The lowest BCUT2D eigenvalue weighted by Gasteiger charge is -2.60. The molecule has 0 saturated heterocycles. The molecule has 0 spiro atoms. The molecule has 3 unspecified atom stereocenters. The summed E-state index contributed by atoms with van der Waals surface area (Å²) in [5.41, 5.74) is 6.72. The standard InChI is InChI=1S/C19H33NO2/c1-18-7-5-12(21)9-11(18)3-4-13-14(18)6-8-19(2)15(13)10-16(20)17(19)22/h11-17,21-22H,3-10,20H2,1-2H3/t11-,12-,13?,14?,15?,16+,17-,18-,19-/m0/s1. The molecule has 4 N–H and O–H groups in total. The van der Waals surface area contributed by atoms with Crippen LogP contribution in [0, 0.1) is 34.5 Å². The minimum Gasteiger partial charge on any atom is -0.393 e.